The number of aryl methyl sites for hydroxylation is 1. The first-order valence-electron chi connectivity index (χ1n) is 8.69. The summed E-state index contributed by atoms with van der Waals surface area (Å²) in [5.74, 6) is 1.16. The Morgan fingerprint density at radius 2 is 2.15 bits per heavy atom. The zero-order valence-electron chi connectivity index (χ0n) is 14.6. The Morgan fingerprint density at radius 3 is 2.81 bits per heavy atom. The summed E-state index contributed by atoms with van der Waals surface area (Å²) in [6.07, 6.45) is 3.16. The van der Waals surface area contributed by atoms with Gasteiger partial charge in [0.2, 0.25) is 5.43 Å². The van der Waals surface area contributed by atoms with Gasteiger partial charge in [-0.05, 0) is 45.1 Å². The molecule has 2 aliphatic carbocycles. The summed E-state index contributed by atoms with van der Waals surface area (Å²) in [5, 5.41) is 6.37. The quantitative estimate of drug-likeness (QED) is 0.627. The number of thioether (sulfide) groups is 1. The molecule has 0 amide bonds. The molecule has 1 saturated carbocycles. The Bertz CT molecular complexity index is 1080. The van der Waals surface area contributed by atoms with E-state index in [9.17, 15) is 9.59 Å². The molecule has 0 aromatic carbocycles. The van der Waals surface area contributed by atoms with E-state index in [1.54, 1.807) is 0 Å². The number of pyridine rings is 1. The van der Waals surface area contributed by atoms with Crippen LogP contribution < -0.4 is 16.0 Å². The third-order valence-corrected chi connectivity index (χ3v) is 6.24. The summed E-state index contributed by atoms with van der Waals surface area (Å²) in [7, 11) is 0. The zero-order chi connectivity index (χ0) is 18.4. The first-order chi connectivity index (χ1) is 12.5. The van der Waals surface area contributed by atoms with E-state index < -0.39 is 0 Å². The molecular formula is C19H19ClN2O3S. The van der Waals surface area contributed by atoms with E-state index in [0.717, 1.165) is 41.6 Å². The second-order valence-corrected chi connectivity index (χ2v) is 8.39. The van der Waals surface area contributed by atoms with Crippen LogP contribution >= 0.6 is 23.4 Å². The number of nitrogens with one attached hydrogen (secondary N) is 1. The van der Waals surface area contributed by atoms with Crippen molar-refractivity contribution in [3.8, 4) is 0 Å². The summed E-state index contributed by atoms with van der Waals surface area (Å²) in [4.78, 5) is 29.3. The normalized spacial score (nSPS) is 16.7. The summed E-state index contributed by atoms with van der Waals surface area (Å²) in [6, 6.07) is 1.86. The number of nitrogens with zero attached hydrogens (tertiary/aromatic N) is 1. The summed E-state index contributed by atoms with van der Waals surface area (Å²) < 4.78 is 5.10. The Labute approximate surface area is 159 Å². The summed E-state index contributed by atoms with van der Waals surface area (Å²) >= 11 is 7.77. The van der Waals surface area contributed by atoms with Crippen LogP contribution in [0, 0.1) is 12.8 Å². The molecule has 0 bridgehead atoms. The van der Waals surface area contributed by atoms with E-state index in [-0.39, 0.29) is 22.7 Å². The van der Waals surface area contributed by atoms with Crippen molar-refractivity contribution in [1.82, 2.24) is 10.1 Å². The van der Waals surface area contributed by atoms with Crippen LogP contribution in [0.25, 0.3) is 10.6 Å². The van der Waals surface area contributed by atoms with Gasteiger partial charge in [-0.15, -0.1) is 11.8 Å². The SMILES string of the molecule is CC1=c2[nH]c(SCc3cc(C)on3)c(C(=O)C3CC3)c(=O)c2=C(Cl)CC1. The number of aromatic nitrogens is 2. The third kappa shape index (κ3) is 3.16. The number of fused-ring (bicyclic) bond motifs is 1. The molecule has 0 saturated heterocycles. The monoisotopic (exact) mass is 390 g/mol. The topological polar surface area (TPSA) is 76.0 Å². The zero-order valence-corrected chi connectivity index (χ0v) is 16.2. The average molecular weight is 391 g/mol. The molecule has 0 unspecified atom stereocenters. The molecule has 2 aliphatic rings. The number of rotatable bonds is 5. The molecule has 0 aliphatic heterocycles. The molecule has 26 heavy (non-hydrogen) atoms. The van der Waals surface area contributed by atoms with Gasteiger partial charge in [-0.25, -0.2) is 0 Å². The predicted molar refractivity (Wildman–Crippen MR) is 102 cm³/mol. The fourth-order valence-electron chi connectivity index (χ4n) is 3.22. The highest BCUT2D eigenvalue weighted by Crippen LogP contribution is 2.34. The van der Waals surface area contributed by atoms with Crippen molar-refractivity contribution >= 4 is 39.8 Å². The van der Waals surface area contributed by atoms with Crippen LogP contribution in [0.4, 0.5) is 0 Å². The average Bonchev–Trinajstić information content (AvgIpc) is 3.38. The van der Waals surface area contributed by atoms with Crippen molar-refractivity contribution in [3.63, 3.8) is 0 Å². The van der Waals surface area contributed by atoms with Gasteiger partial charge >= 0.3 is 0 Å². The Balaban J connectivity index is 1.86. The third-order valence-electron chi connectivity index (χ3n) is 4.82. The summed E-state index contributed by atoms with van der Waals surface area (Å²) in [6.45, 7) is 3.83. The fourth-order valence-corrected chi connectivity index (χ4v) is 4.44. The van der Waals surface area contributed by atoms with Gasteiger partial charge in [0.05, 0.1) is 26.9 Å². The number of ketones is 1. The van der Waals surface area contributed by atoms with Crippen molar-refractivity contribution in [2.45, 2.75) is 50.3 Å². The fraction of sp³-hybridized carbons (Fsp3) is 0.421. The van der Waals surface area contributed by atoms with Gasteiger partial charge < -0.3 is 9.51 Å². The molecule has 0 spiro atoms. The van der Waals surface area contributed by atoms with E-state index in [0.29, 0.717) is 27.5 Å². The minimum atomic E-state index is -0.237. The predicted octanol–water partition coefficient (Wildman–Crippen LogP) is 2.87. The molecule has 0 radical (unpaired) electrons. The molecule has 2 aromatic rings. The number of halogens is 1. The number of aromatic amines is 1. The maximum absolute atomic E-state index is 13.2. The van der Waals surface area contributed by atoms with Gasteiger partial charge in [0, 0.05) is 22.8 Å². The van der Waals surface area contributed by atoms with E-state index in [1.807, 2.05) is 19.9 Å². The Kier molecular flexibility index (Phi) is 4.57. The van der Waals surface area contributed by atoms with Gasteiger partial charge in [-0.1, -0.05) is 16.8 Å². The second-order valence-electron chi connectivity index (χ2n) is 6.95. The molecule has 7 heteroatoms. The Morgan fingerprint density at radius 1 is 1.38 bits per heavy atom. The number of H-pyrrole nitrogens is 1. The minimum Gasteiger partial charge on any atom is -0.361 e. The lowest BCUT2D eigenvalue weighted by molar-refractivity contribution is 0.0962. The van der Waals surface area contributed by atoms with Crippen molar-refractivity contribution in [2.24, 2.45) is 5.92 Å². The van der Waals surface area contributed by atoms with Crippen LogP contribution in [0.2, 0.25) is 0 Å². The van der Waals surface area contributed by atoms with Gasteiger partial charge in [-0.2, -0.15) is 0 Å². The van der Waals surface area contributed by atoms with Crippen molar-refractivity contribution in [1.29, 1.82) is 0 Å². The lowest BCUT2D eigenvalue weighted by Crippen LogP contribution is -2.48. The van der Waals surface area contributed by atoms with Crippen LogP contribution in [-0.4, -0.2) is 15.9 Å². The lowest BCUT2D eigenvalue weighted by atomic mass is 10.0. The van der Waals surface area contributed by atoms with Crippen molar-refractivity contribution in [3.05, 3.63) is 43.9 Å². The standard InChI is InChI=1S/C19H19ClN2O3S/c1-9-3-6-13(20)14-16(9)21-19(26-8-12-7-10(2)25-22-12)15(18(14)24)17(23)11-4-5-11/h7,11,21H,3-6,8H2,1-2H3. The van der Waals surface area contributed by atoms with Crippen LogP contribution in [-0.2, 0) is 5.75 Å². The van der Waals surface area contributed by atoms with Crippen molar-refractivity contribution < 1.29 is 9.32 Å². The van der Waals surface area contributed by atoms with Crippen LogP contribution in [0.15, 0.2) is 20.4 Å². The van der Waals surface area contributed by atoms with E-state index in [4.69, 9.17) is 16.1 Å². The highest BCUT2D eigenvalue weighted by atomic mass is 35.5. The number of carbonyl (C=O) groups is 1. The molecule has 0 atom stereocenters. The van der Waals surface area contributed by atoms with E-state index >= 15 is 0 Å². The van der Waals surface area contributed by atoms with Crippen LogP contribution in [0.5, 0.6) is 0 Å². The molecule has 136 valence electrons. The Hall–Kier alpha value is -1.79. The van der Waals surface area contributed by atoms with Gasteiger partial charge in [-0.3, -0.25) is 9.59 Å². The molecule has 2 aromatic heterocycles. The maximum Gasteiger partial charge on any atom is 0.202 e. The molecule has 1 fully saturated rings. The molecule has 2 heterocycles. The number of carbonyl (C=O) groups excluding carboxylic acids is 1. The molecule has 5 nitrogen and oxygen atoms in total. The largest absolute Gasteiger partial charge is 0.361 e. The van der Waals surface area contributed by atoms with E-state index in [1.165, 1.54) is 11.8 Å². The van der Waals surface area contributed by atoms with Gasteiger partial charge in [0.1, 0.15) is 5.76 Å². The van der Waals surface area contributed by atoms with E-state index in [2.05, 4.69) is 10.1 Å². The van der Waals surface area contributed by atoms with Gasteiger partial charge in [0.25, 0.3) is 0 Å². The van der Waals surface area contributed by atoms with Crippen LogP contribution in [0.1, 0.15) is 54.4 Å². The smallest absolute Gasteiger partial charge is 0.202 e. The lowest BCUT2D eigenvalue weighted by Gasteiger charge is -2.14. The first-order valence-corrected chi connectivity index (χ1v) is 10.1. The number of hydrogen-bond donors (Lipinski definition) is 1. The highest BCUT2D eigenvalue weighted by Gasteiger charge is 2.34. The molecular weight excluding hydrogens is 372 g/mol. The second kappa shape index (κ2) is 6.74. The summed E-state index contributed by atoms with van der Waals surface area (Å²) in [5.41, 5.74) is 1.88. The number of hydrogen-bond acceptors (Lipinski definition) is 5. The number of Topliss-reactive ketones (excluding diaryl/α,β-unsaturated/α-hetero) is 1. The molecule has 4 rings (SSSR count). The molecule has 1 N–H and O–H groups in total. The van der Waals surface area contributed by atoms with Gasteiger partial charge in [0.15, 0.2) is 5.78 Å². The van der Waals surface area contributed by atoms with Crippen LogP contribution in [0.3, 0.4) is 0 Å². The highest BCUT2D eigenvalue weighted by molar-refractivity contribution is 7.98. The first kappa shape index (κ1) is 17.6. The van der Waals surface area contributed by atoms with Crippen molar-refractivity contribution in [2.75, 3.05) is 0 Å². The maximum atomic E-state index is 13.2. The minimum absolute atomic E-state index is 0.0322.